The second kappa shape index (κ2) is 14.7. The maximum Gasteiger partial charge on any atom is 0.290 e. The summed E-state index contributed by atoms with van der Waals surface area (Å²) < 4.78 is 0. The predicted octanol–water partition coefficient (Wildman–Crippen LogP) is 5.82. The summed E-state index contributed by atoms with van der Waals surface area (Å²) in [4.78, 5) is 45.3. The Morgan fingerprint density at radius 1 is 1.15 bits per heavy atom. The van der Waals surface area contributed by atoms with Gasteiger partial charge in [0.05, 0.1) is 17.5 Å². The molecule has 0 bridgehead atoms. The van der Waals surface area contributed by atoms with Crippen molar-refractivity contribution >= 4 is 33.9 Å². The van der Waals surface area contributed by atoms with Crippen molar-refractivity contribution < 1.29 is 19.8 Å². The number of likely N-dealkylation sites (tertiary alicyclic amines) is 1. The van der Waals surface area contributed by atoms with Crippen LogP contribution in [-0.4, -0.2) is 63.2 Å². The minimum absolute atomic E-state index is 0.0802. The zero-order valence-electron chi connectivity index (χ0n) is 26.8. The molecule has 46 heavy (non-hydrogen) atoms. The molecule has 0 spiro atoms. The lowest BCUT2D eigenvalue weighted by Gasteiger charge is -2.34. The first-order valence-corrected chi connectivity index (χ1v) is 16.9. The zero-order valence-corrected chi connectivity index (χ0v) is 27.6. The highest BCUT2D eigenvalue weighted by Crippen LogP contribution is 2.38. The second-order valence-corrected chi connectivity index (χ2v) is 14.4. The highest BCUT2D eigenvalue weighted by atomic mass is 32.1. The van der Waals surface area contributed by atoms with Crippen LogP contribution in [0.15, 0.2) is 59.5 Å². The number of aliphatic hydroxyl groups excluding tert-OH is 1. The Morgan fingerprint density at radius 3 is 2.57 bits per heavy atom. The summed E-state index contributed by atoms with van der Waals surface area (Å²) in [5.41, 5.74) is 5.62. The highest BCUT2D eigenvalue weighted by molar-refractivity contribution is 7.20. The van der Waals surface area contributed by atoms with Gasteiger partial charge in [-0.15, -0.1) is 11.3 Å². The first-order chi connectivity index (χ1) is 22.1. The van der Waals surface area contributed by atoms with E-state index >= 15 is 0 Å². The lowest BCUT2D eigenvalue weighted by molar-refractivity contribution is -0.122. The second-order valence-electron chi connectivity index (χ2n) is 13.4. The number of aliphatic hydroxyl groups is 1. The van der Waals surface area contributed by atoms with Crippen molar-refractivity contribution in [2.24, 2.45) is 11.3 Å². The standard InChI is InChI=1S/C35H42N4O3S.CH2O2/c1-35(2,3)27-11-12-29-25(18-27)17-26-19-31(43-34(26)38-29)33(42)37-30(14-16-39-15-4-5-28(39)21-40)23-8-6-22(7-9-23)24-10-13-32(41)36-20-24;2-1-3/h6-10,13,17,19-20,27-28,30,40H,4-5,11-12,14-16,18,21H2,1-3H3,(H,36,41)(H,37,42);1H,(H,2,3)/t27-,28-,30+;/m0./s1. The minimum Gasteiger partial charge on any atom is -0.483 e. The fourth-order valence-corrected chi connectivity index (χ4v) is 7.65. The number of benzene rings is 1. The number of pyridine rings is 2. The number of fused-ring (bicyclic) bond motifs is 2. The average Bonchev–Trinajstić information content (AvgIpc) is 3.68. The molecule has 10 heteroatoms. The molecule has 1 saturated heterocycles. The number of nitrogens with one attached hydrogen (secondary N) is 2. The fourth-order valence-electron chi connectivity index (χ4n) is 6.72. The van der Waals surface area contributed by atoms with Crippen molar-refractivity contribution in [3.8, 4) is 11.1 Å². The molecule has 1 amide bonds. The topological polar surface area (TPSA) is 136 Å². The van der Waals surface area contributed by atoms with Gasteiger partial charge >= 0.3 is 0 Å². The van der Waals surface area contributed by atoms with Gasteiger partial charge in [0.2, 0.25) is 5.56 Å². The number of thiophene rings is 1. The van der Waals surface area contributed by atoms with Crippen LogP contribution in [0.5, 0.6) is 0 Å². The molecule has 1 fully saturated rings. The van der Waals surface area contributed by atoms with Crippen LogP contribution >= 0.6 is 11.3 Å². The van der Waals surface area contributed by atoms with Crippen LogP contribution in [0.25, 0.3) is 21.3 Å². The summed E-state index contributed by atoms with van der Waals surface area (Å²) in [7, 11) is 0. The van der Waals surface area contributed by atoms with Gasteiger partial charge in [-0.3, -0.25) is 19.3 Å². The minimum atomic E-state index is -0.250. The molecular weight excluding hydrogens is 600 g/mol. The lowest BCUT2D eigenvalue weighted by atomic mass is 9.71. The van der Waals surface area contributed by atoms with Gasteiger partial charge in [0, 0.05) is 35.9 Å². The first-order valence-electron chi connectivity index (χ1n) is 16.0. The van der Waals surface area contributed by atoms with Gasteiger partial charge in [-0.2, -0.15) is 0 Å². The van der Waals surface area contributed by atoms with Crippen molar-refractivity contribution in [1.82, 2.24) is 20.2 Å². The molecule has 6 rings (SSSR count). The van der Waals surface area contributed by atoms with Crippen LogP contribution in [-0.2, 0) is 17.6 Å². The number of hydrogen-bond donors (Lipinski definition) is 4. The molecule has 0 unspecified atom stereocenters. The quantitative estimate of drug-likeness (QED) is 0.178. The molecule has 2 aliphatic rings. The van der Waals surface area contributed by atoms with Gasteiger partial charge in [0.25, 0.3) is 12.4 Å². The SMILES string of the molecule is CC(C)(C)[C@H]1CCc2nc3sc(C(=O)N[C@H](CCN4CCC[C@H]4CO)c4ccc(-c5ccc(=O)[nH]c5)cc4)cc3cc2C1.O=CO. The average molecular weight is 645 g/mol. The Morgan fingerprint density at radius 2 is 1.89 bits per heavy atom. The highest BCUT2D eigenvalue weighted by Gasteiger charge is 2.30. The Balaban J connectivity index is 0.00000134. The summed E-state index contributed by atoms with van der Waals surface area (Å²) in [5, 5.41) is 21.1. The largest absolute Gasteiger partial charge is 0.483 e. The van der Waals surface area contributed by atoms with Crippen molar-refractivity contribution in [3.05, 3.63) is 86.8 Å². The van der Waals surface area contributed by atoms with E-state index in [0.717, 1.165) is 78.5 Å². The van der Waals surface area contributed by atoms with E-state index in [1.54, 1.807) is 6.20 Å². The molecule has 3 atom stereocenters. The Labute approximate surface area is 273 Å². The van der Waals surface area contributed by atoms with Gasteiger partial charge in [0.1, 0.15) is 4.83 Å². The molecule has 1 aliphatic carbocycles. The van der Waals surface area contributed by atoms with E-state index in [1.165, 1.54) is 28.7 Å². The molecule has 3 aromatic heterocycles. The maximum absolute atomic E-state index is 13.7. The van der Waals surface area contributed by atoms with Crippen LogP contribution in [0.3, 0.4) is 0 Å². The summed E-state index contributed by atoms with van der Waals surface area (Å²) in [6, 6.07) is 15.8. The Hall–Kier alpha value is -3.86. The van der Waals surface area contributed by atoms with Crippen LogP contribution in [0.1, 0.15) is 79.0 Å². The van der Waals surface area contributed by atoms with Crippen molar-refractivity contribution in [3.63, 3.8) is 0 Å². The zero-order chi connectivity index (χ0) is 32.8. The number of nitrogens with zero attached hydrogens (tertiary/aromatic N) is 2. The predicted molar refractivity (Wildman–Crippen MR) is 182 cm³/mol. The number of amides is 1. The number of carbonyl (C=O) groups excluding carboxylic acids is 1. The van der Waals surface area contributed by atoms with E-state index in [2.05, 4.69) is 54.2 Å². The number of aromatic amines is 1. The van der Waals surface area contributed by atoms with Crippen LogP contribution in [0, 0.1) is 11.3 Å². The molecule has 0 radical (unpaired) electrons. The number of rotatable bonds is 8. The summed E-state index contributed by atoms with van der Waals surface area (Å²) in [6.07, 6.45) is 7.75. The lowest BCUT2D eigenvalue weighted by Crippen LogP contribution is -2.36. The number of aromatic nitrogens is 2. The number of aryl methyl sites for hydroxylation is 1. The monoisotopic (exact) mass is 644 g/mol. The van der Waals surface area contributed by atoms with Gasteiger partial charge in [-0.25, -0.2) is 4.98 Å². The van der Waals surface area contributed by atoms with E-state index in [-0.39, 0.29) is 42.0 Å². The summed E-state index contributed by atoms with van der Waals surface area (Å²) in [5.74, 6) is 0.557. The van der Waals surface area contributed by atoms with Crippen molar-refractivity contribution in [2.75, 3.05) is 19.7 Å². The Bertz CT molecular complexity index is 1690. The van der Waals surface area contributed by atoms with Crippen LogP contribution in [0.2, 0.25) is 0 Å². The van der Waals surface area contributed by atoms with E-state index in [4.69, 9.17) is 14.9 Å². The van der Waals surface area contributed by atoms with Crippen LogP contribution < -0.4 is 10.9 Å². The van der Waals surface area contributed by atoms with E-state index in [1.807, 2.05) is 24.3 Å². The molecule has 0 saturated carbocycles. The smallest absolute Gasteiger partial charge is 0.290 e. The molecule has 9 nitrogen and oxygen atoms in total. The third-order valence-corrected chi connectivity index (χ3v) is 10.5. The molecule has 4 N–H and O–H groups in total. The van der Waals surface area contributed by atoms with Crippen molar-refractivity contribution in [2.45, 2.75) is 71.4 Å². The van der Waals surface area contributed by atoms with Gasteiger partial charge in [0.15, 0.2) is 0 Å². The van der Waals surface area contributed by atoms with Crippen molar-refractivity contribution in [1.29, 1.82) is 0 Å². The van der Waals surface area contributed by atoms with Gasteiger partial charge < -0.3 is 20.5 Å². The molecule has 1 aromatic carbocycles. The summed E-state index contributed by atoms with van der Waals surface area (Å²) in [6.45, 7) is 8.66. The first kappa shape index (κ1) is 33.5. The van der Waals surface area contributed by atoms with E-state index in [0.29, 0.717) is 10.8 Å². The number of H-pyrrole nitrogens is 1. The third kappa shape index (κ3) is 7.92. The van der Waals surface area contributed by atoms with Crippen LogP contribution in [0.4, 0.5) is 0 Å². The number of carboxylic acid groups (broad SMARTS) is 1. The molecule has 4 aromatic rings. The normalized spacial score (nSPS) is 18.8. The summed E-state index contributed by atoms with van der Waals surface area (Å²) >= 11 is 1.47. The molecule has 1 aliphatic heterocycles. The third-order valence-electron chi connectivity index (χ3n) is 9.47. The van der Waals surface area contributed by atoms with E-state index in [9.17, 15) is 14.7 Å². The fraction of sp³-hybridized carbons (Fsp3) is 0.444. The number of hydrogen-bond acceptors (Lipinski definition) is 7. The van der Waals surface area contributed by atoms with Gasteiger partial charge in [-0.1, -0.05) is 45.0 Å². The Kier molecular flexibility index (Phi) is 10.7. The maximum atomic E-state index is 13.7. The number of carbonyl (C=O) groups is 2. The molecule has 4 heterocycles. The molecule has 244 valence electrons. The molecular formula is C36H44N4O5S. The van der Waals surface area contributed by atoms with Gasteiger partial charge in [-0.05, 0) is 96.9 Å². The van der Waals surface area contributed by atoms with E-state index < -0.39 is 0 Å².